The van der Waals surface area contributed by atoms with Gasteiger partial charge in [-0.1, -0.05) is 54.6 Å². The first-order chi connectivity index (χ1) is 16.0. The fraction of sp³-hybridized carbons (Fsp3) is 0.321. The van der Waals surface area contributed by atoms with Crippen LogP contribution in [0.15, 0.2) is 72.8 Å². The van der Waals surface area contributed by atoms with Crippen LogP contribution in [0.5, 0.6) is 0 Å². The first-order valence-electron chi connectivity index (χ1n) is 11.6. The highest BCUT2D eigenvalue weighted by Crippen LogP contribution is 2.28. The Morgan fingerprint density at radius 1 is 0.970 bits per heavy atom. The van der Waals surface area contributed by atoms with Crippen molar-refractivity contribution < 1.29 is 9.53 Å². The molecule has 1 saturated heterocycles. The Kier molecular flexibility index (Phi) is 7.43. The first-order valence-corrected chi connectivity index (χ1v) is 11.6. The molecule has 5 nitrogen and oxygen atoms in total. The number of carbonyl (C=O) groups is 1. The molecule has 0 radical (unpaired) electrons. The van der Waals surface area contributed by atoms with Crippen LogP contribution in [-0.4, -0.2) is 44.2 Å². The summed E-state index contributed by atoms with van der Waals surface area (Å²) in [5, 5.41) is 3.16. The minimum atomic E-state index is -0.412. The summed E-state index contributed by atoms with van der Waals surface area (Å²) >= 11 is 0. The van der Waals surface area contributed by atoms with E-state index in [1.165, 1.54) is 11.3 Å². The lowest BCUT2D eigenvalue weighted by Gasteiger charge is -2.33. The predicted octanol–water partition coefficient (Wildman–Crippen LogP) is 4.95. The molecule has 0 spiro atoms. The normalized spacial score (nSPS) is 14.8. The molecule has 172 valence electrons. The van der Waals surface area contributed by atoms with Gasteiger partial charge >= 0.3 is 0 Å². The van der Waals surface area contributed by atoms with Gasteiger partial charge in [0, 0.05) is 31.0 Å². The number of benzene rings is 3. The van der Waals surface area contributed by atoms with Crippen LogP contribution in [0.3, 0.4) is 0 Å². The van der Waals surface area contributed by atoms with E-state index in [-0.39, 0.29) is 5.91 Å². The van der Waals surface area contributed by atoms with Gasteiger partial charge in [0.25, 0.3) is 0 Å². The number of aryl methyl sites for hydroxylation is 2. The van der Waals surface area contributed by atoms with Crippen molar-refractivity contribution in [2.45, 2.75) is 26.4 Å². The van der Waals surface area contributed by atoms with Gasteiger partial charge in [-0.15, -0.1) is 0 Å². The Balaban J connectivity index is 1.60. The zero-order valence-electron chi connectivity index (χ0n) is 19.8. The molecule has 1 aliphatic heterocycles. The number of nitrogens with zero attached hydrogens (tertiary/aromatic N) is 2. The zero-order chi connectivity index (χ0) is 23.2. The minimum Gasteiger partial charge on any atom is -0.378 e. The van der Waals surface area contributed by atoms with E-state index in [0.29, 0.717) is 6.54 Å². The maximum atomic E-state index is 13.6. The van der Waals surface area contributed by atoms with E-state index in [9.17, 15) is 4.79 Å². The summed E-state index contributed by atoms with van der Waals surface area (Å²) in [6.45, 7) is 8.02. The first kappa shape index (κ1) is 23.0. The molecule has 0 aliphatic carbocycles. The van der Waals surface area contributed by atoms with Gasteiger partial charge in [-0.3, -0.25) is 9.69 Å². The second-order valence-corrected chi connectivity index (χ2v) is 8.82. The van der Waals surface area contributed by atoms with Gasteiger partial charge in [0.1, 0.15) is 6.04 Å². The van der Waals surface area contributed by atoms with Crippen LogP contribution in [0.1, 0.15) is 28.3 Å². The van der Waals surface area contributed by atoms with Crippen LogP contribution in [-0.2, 0) is 16.1 Å². The number of morpholine rings is 1. The number of hydrogen-bond acceptors (Lipinski definition) is 4. The molecule has 1 heterocycles. The van der Waals surface area contributed by atoms with Crippen molar-refractivity contribution in [3.8, 4) is 0 Å². The van der Waals surface area contributed by atoms with Gasteiger partial charge in [-0.05, 0) is 61.3 Å². The maximum Gasteiger partial charge on any atom is 0.246 e. The highest BCUT2D eigenvalue weighted by molar-refractivity contribution is 5.95. The number of hydrogen-bond donors (Lipinski definition) is 1. The van der Waals surface area contributed by atoms with E-state index < -0.39 is 6.04 Å². The average Bonchev–Trinajstić information content (AvgIpc) is 2.80. The van der Waals surface area contributed by atoms with E-state index in [1.807, 2.05) is 63.4 Å². The van der Waals surface area contributed by atoms with Gasteiger partial charge in [-0.25, -0.2) is 0 Å². The van der Waals surface area contributed by atoms with Gasteiger partial charge in [-0.2, -0.15) is 0 Å². The Morgan fingerprint density at radius 2 is 1.61 bits per heavy atom. The molecule has 4 rings (SSSR count). The molecule has 0 bridgehead atoms. The third-order valence-electron chi connectivity index (χ3n) is 6.06. The summed E-state index contributed by atoms with van der Waals surface area (Å²) in [5.41, 5.74) is 6.51. The zero-order valence-corrected chi connectivity index (χ0v) is 19.8. The Hall–Kier alpha value is -3.15. The summed E-state index contributed by atoms with van der Waals surface area (Å²) in [7, 11) is 2.02. The molecular formula is C28H33N3O2. The number of nitrogens with one attached hydrogen (secondary N) is 1. The molecule has 1 aliphatic rings. The lowest BCUT2D eigenvalue weighted by atomic mass is 10.0. The Bertz CT molecular complexity index is 1060. The largest absolute Gasteiger partial charge is 0.378 e. The summed E-state index contributed by atoms with van der Waals surface area (Å²) in [6, 6.07) is 24.2. The van der Waals surface area contributed by atoms with E-state index in [1.54, 1.807) is 0 Å². The summed E-state index contributed by atoms with van der Waals surface area (Å²) < 4.78 is 5.54. The van der Waals surface area contributed by atoms with Crippen molar-refractivity contribution >= 4 is 17.3 Å². The molecular weight excluding hydrogens is 410 g/mol. The average molecular weight is 444 g/mol. The van der Waals surface area contributed by atoms with Crippen LogP contribution in [0.2, 0.25) is 0 Å². The molecule has 3 aromatic rings. The van der Waals surface area contributed by atoms with Crippen molar-refractivity contribution in [1.82, 2.24) is 4.90 Å². The highest BCUT2D eigenvalue weighted by atomic mass is 16.5. The molecule has 0 saturated carbocycles. The molecule has 5 heteroatoms. The fourth-order valence-electron chi connectivity index (χ4n) is 4.62. The smallest absolute Gasteiger partial charge is 0.246 e. The summed E-state index contributed by atoms with van der Waals surface area (Å²) in [6.07, 6.45) is 0. The molecule has 0 aromatic heterocycles. The number of carbonyl (C=O) groups excluding carboxylic acids is 1. The van der Waals surface area contributed by atoms with E-state index in [0.717, 1.165) is 48.7 Å². The third-order valence-corrected chi connectivity index (χ3v) is 6.06. The van der Waals surface area contributed by atoms with Crippen molar-refractivity contribution in [2.24, 2.45) is 0 Å². The lowest BCUT2D eigenvalue weighted by molar-refractivity contribution is -0.121. The minimum absolute atomic E-state index is 0.0300. The Morgan fingerprint density at radius 3 is 2.30 bits per heavy atom. The molecule has 1 amide bonds. The second kappa shape index (κ2) is 10.6. The summed E-state index contributed by atoms with van der Waals surface area (Å²) in [4.78, 5) is 18.1. The highest BCUT2D eigenvalue weighted by Gasteiger charge is 2.26. The summed E-state index contributed by atoms with van der Waals surface area (Å²) in [5.74, 6) is -0.0300. The number of anilines is 2. The maximum absolute atomic E-state index is 13.6. The molecule has 1 unspecified atom stereocenters. The van der Waals surface area contributed by atoms with Gasteiger partial charge < -0.3 is 15.0 Å². The SMILES string of the molecule is Cc1cc(C)cc(NC(=O)C(c2ccccc2)N(C)Cc2ccccc2N2CCOCC2)c1. The van der Waals surface area contributed by atoms with Gasteiger partial charge in [0.2, 0.25) is 5.91 Å². The van der Waals surface area contributed by atoms with E-state index in [2.05, 4.69) is 45.4 Å². The van der Waals surface area contributed by atoms with Crippen LogP contribution in [0.25, 0.3) is 0 Å². The molecule has 33 heavy (non-hydrogen) atoms. The molecule has 3 aromatic carbocycles. The van der Waals surface area contributed by atoms with Crippen LogP contribution >= 0.6 is 0 Å². The molecule has 1 atom stereocenters. The van der Waals surface area contributed by atoms with Crippen LogP contribution in [0, 0.1) is 13.8 Å². The number of amides is 1. The standard InChI is InChI=1S/C28H33N3O2/c1-21-17-22(2)19-25(18-21)29-28(32)27(23-9-5-4-6-10-23)30(3)20-24-11-7-8-12-26(24)31-13-15-33-16-14-31/h4-12,17-19,27H,13-16,20H2,1-3H3,(H,29,32). The lowest BCUT2D eigenvalue weighted by Crippen LogP contribution is -2.38. The number of ether oxygens (including phenoxy) is 1. The predicted molar refractivity (Wildman–Crippen MR) is 135 cm³/mol. The topological polar surface area (TPSA) is 44.8 Å². The quantitative estimate of drug-likeness (QED) is 0.561. The third kappa shape index (κ3) is 5.81. The monoisotopic (exact) mass is 443 g/mol. The van der Waals surface area contributed by atoms with E-state index >= 15 is 0 Å². The van der Waals surface area contributed by atoms with Crippen LogP contribution < -0.4 is 10.2 Å². The Labute approximate surface area is 197 Å². The molecule has 1 fully saturated rings. The van der Waals surface area contributed by atoms with Gasteiger partial charge in [0.15, 0.2) is 0 Å². The second-order valence-electron chi connectivity index (χ2n) is 8.82. The fourth-order valence-corrected chi connectivity index (χ4v) is 4.62. The van der Waals surface area contributed by atoms with E-state index in [4.69, 9.17) is 4.74 Å². The molecule has 1 N–H and O–H groups in total. The van der Waals surface area contributed by atoms with Crippen LogP contribution in [0.4, 0.5) is 11.4 Å². The van der Waals surface area contributed by atoms with Crippen molar-refractivity contribution in [3.63, 3.8) is 0 Å². The number of likely N-dealkylation sites (N-methyl/N-ethyl adjacent to an activating group) is 1. The van der Waals surface area contributed by atoms with Crippen molar-refractivity contribution in [3.05, 3.63) is 95.1 Å². The number of para-hydroxylation sites is 1. The van der Waals surface area contributed by atoms with Crippen molar-refractivity contribution in [2.75, 3.05) is 43.6 Å². The van der Waals surface area contributed by atoms with Gasteiger partial charge in [0.05, 0.1) is 13.2 Å². The number of rotatable bonds is 7. The van der Waals surface area contributed by atoms with Crippen molar-refractivity contribution in [1.29, 1.82) is 0 Å².